The largest absolute Gasteiger partial charge is 0.497 e. The monoisotopic (exact) mass is 379 g/mol. The molecule has 2 aliphatic heterocycles. The predicted molar refractivity (Wildman–Crippen MR) is 108 cm³/mol. The van der Waals surface area contributed by atoms with Crippen LogP contribution in [0.4, 0.5) is 0 Å². The lowest BCUT2D eigenvalue weighted by Gasteiger charge is -2.28. The zero-order valence-electron chi connectivity index (χ0n) is 16.1. The van der Waals surface area contributed by atoms with Gasteiger partial charge in [-0.05, 0) is 29.8 Å². The quantitative estimate of drug-likeness (QED) is 0.799. The Morgan fingerprint density at radius 1 is 1.04 bits per heavy atom. The van der Waals surface area contributed by atoms with E-state index >= 15 is 0 Å². The second-order valence-corrected chi connectivity index (χ2v) is 6.98. The maximum Gasteiger partial charge on any atom is 0.247 e. The van der Waals surface area contributed by atoms with Crippen LogP contribution in [-0.4, -0.2) is 68.0 Å². The van der Waals surface area contributed by atoms with E-state index in [1.807, 2.05) is 48.5 Å². The molecule has 2 aromatic rings. The third kappa shape index (κ3) is 4.08. The van der Waals surface area contributed by atoms with E-state index in [-0.39, 0.29) is 5.91 Å². The molecule has 2 aliphatic rings. The first-order chi connectivity index (χ1) is 13.7. The average molecular weight is 379 g/mol. The van der Waals surface area contributed by atoms with E-state index in [4.69, 9.17) is 14.6 Å². The van der Waals surface area contributed by atoms with Crippen LogP contribution >= 0.6 is 0 Å². The normalized spacial score (nSPS) is 17.7. The third-order valence-corrected chi connectivity index (χ3v) is 5.22. The summed E-state index contributed by atoms with van der Waals surface area (Å²) in [5.74, 6) is 0.829. The SMILES string of the molecule is COc1ccc(C2=NN(CCN3CCOCC3)C(=O)Cc3ccccc32)cc1. The lowest BCUT2D eigenvalue weighted by molar-refractivity contribution is -0.130. The van der Waals surface area contributed by atoms with Crippen molar-refractivity contribution in [3.8, 4) is 5.75 Å². The van der Waals surface area contributed by atoms with E-state index in [1.165, 1.54) is 0 Å². The molecule has 1 saturated heterocycles. The molecule has 0 bridgehead atoms. The minimum atomic E-state index is 0.0317. The molecule has 2 heterocycles. The highest BCUT2D eigenvalue weighted by Gasteiger charge is 2.24. The van der Waals surface area contributed by atoms with Gasteiger partial charge in [-0.1, -0.05) is 24.3 Å². The molecular weight excluding hydrogens is 354 g/mol. The molecule has 0 radical (unpaired) electrons. The van der Waals surface area contributed by atoms with Crippen LogP contribution in [-0.2, 0) is 16.0 Å². The number of hydrogen-bond acceptors (Lipinski definition) is 5. The number of benzene rings is 2. The number of rotatable bonds is 5. The summed E-state index contributed by atoms with van der Waals surface area (Å²) >= 11 is 0. The molecule has 1 amide bonds. The summed E-state index contributed by atoms with van der Waals surface area (Å²) in [5, 5.41) is 6.44. The molecule has 0 aromatic heterocycles. The fourth-order valence-corrected chi connectivity index (χ4v) is 3.59. The van der Waals surface area contributed by atoms with E-state index < -0.39 is 0 Å². The van der Waals surface area contributed by atoms with Crippen LogP contribution in [0.1, 0.15) is 16.7 Å². The van der Waals surface area contributed by atoms with Crippen molar-refractivity contribution in [1.82, 2.24) is 9.91 Å². The summed E-state index contributed by atoms with van der Waals surface area (Å²) in [6, 6.07) is 15.8. The molecule has 0 spiro atoms. The van der Waals surface area contributed by atoms with Crippen LogP contribution in [0.5, 0.6) is 5.75 Å². The smallest absolute Gasteiger partial charge is 0.247 e. The van der Waals surface area contributed by atoms with Crippen molar-refractivity contribution in [2.75, 3.05) is 46.5 Å². The number of nitrogens with zero attached hydrogens (tertiary/aromatic N) is 3. The van der Waals surface area contributed by atoms with Gasteiger partial charge in [0, 0.05) is 30.8 Å². The minimum absolute atomic E-state index is 0.0317. The summed E-state index contributed by atoms with van der Waals surface area (Å²) in [6.45, 7) is 4.67. The van der Waals surface area contributed by atoms with Crippen molar-refractivity contribution >= 4 is 11.6 Å². The number of carbonyl (C=O) groups is 1. The maximum atomic E-state index is 12.9. The van der Waals surface area contributed by atoms with Gasteiger partial charge in [0.05, 0.1) is 39.0 Å². The Balaban J connectivity index is 1.64. The molecule has 6 heteroatoms. The third-order valence-electron chi connectivity index (χ3n) is 5.22. The van der Waals surface area contributed by atoms with Crippen molar-refractivity contribution in [3.63, 3.8) is 0 Å². The number of morpholine rings is 1. The summed E-state index contributed by atoms with van der Waals surface area (Å²) in [6.07, 6.45) is 0.364. The first-order valence-corrected chi connectivity index (χ1v) is 9.66. The maximum absolute atomic E-state index is 12.9. The fourth-order valence-electron chi connectivity index (χ4n) is 3.59. The Morgan fingerprint density at radius 2 is 1.79 bits per heavy atom. The van der Waals surface area contributed by atoms with Crippen LogP contribution in [0, 0.1) is 0 Å². The van der Waals surface area contributed by atoms with Crippen LogP contribution in [0.2, 0.25) is 0 Å². The predicted octanol–water partition coefficient (Wildman–Crippen LogP) is 2.16. The zero-order valence-corrected chi connectivity index (χ0v) is 16.1. The molecule has 0 N–H and O–H groups in total. The summed E-state index contributed by atoms with van der Waals surface area (Å²) in [7, 11) is 1.65. The number of amides is 1. The zero-order chi connectivity index (χ0) is 19.3. The molecule has 0 unspecified atom stereocenters. The van der Waals surface area contributed by atoms with Gasteiger partial charge < -0.3 is 9.47 Å². The van der Waals surface area contributed by atoms with Gasteiger partial charge in [-0.2, -0.15) is 5.10 Å². The highest BCUT2D eigenvalue weighted by Crippen LogP contribution is 2.22. The lowest BCUT2D eigenvalue weighted by atomic mass is 9.96. The van der Waals surface area contributed by atoms with Crippen molar-refractivity contribution in [3.05, 3.63) is 65.2 Å². The van der Waals surface area contributed by atoms with Crippen LogP contribution in [0.25, 0.3) is 0 Å². The summed E-state index contributed by atoms with van der Waals surface area (Å²) in [5.41, 5.74) is 3.82. The second kappa shape index (κ2) is 8.54. The van der Waals surface area contributed by atoms with E-state index in [0.717, 1.165) is 61.0 Å². The van der Waals surface area contributed by atoms with E-state index in [1.54, 1.807) is 12.1 Å². The Bertz CT molecular complexity index is 858. The highest BCUT2D eigenvalue weighted by atomic mass is 16.5. The van der Waals surface area contributed by atoms with Gasteiger partial charge in [-0.15, -0.1) is 0 Å². The van der Waals surface area contributed by atoms with Gasteiger partial charge in [0.2, 0.25) is 5.91 Å². The van der Waals surface area contributed by atoms with Crippen molar-refractivity contribution in [1.29, 1.82) is 0 Å². The molecule has 1 fully saturated rings. The molecular formula is C22H25N3O3. The summed E-state index contributed by atoms with van der Waals surface area (Å²) < 4.78 is 10.7. The molecule has 6 nitrogen and oxygen atoms in total. The molecule has 2 aromatic carbocycles. The number of methoxy groups -OCH3 is 1. The summed E-state index contributed by atoms with van der Waals surface area (Å²) in [4.78, 5) is 15.2. The molecule has 4 rings (SSSR count). The van der Waals surface area contributed by atoms with E-state index in [9.17, 15) is 4.79 Å². The van der Waals surface area contributed by atoms with Gasteiger partial charge in [0.1, 0.15) is 5.75 Å². The average Bonchev–Trinajstić information content (AvgIpc) is 2.89. The van der Waals surface area contributed by atoms with Gasteiger partial charge in [0.15, 0.2) is 0 Å². The fraction of sp³-hybridized carbons (Fsp3) is 0.364. The Kier molecular flexibility index (Phi) is 5.69. The highest BCUT2D eigenvalue weighted by molar-refractivity contribution is 6.15. The first-order valence-electron chi connectivity index (χ1n) is 9.66. The number of hydrazone groups is 1. The molecule has 0 saturated carbocycles. The van der Waals surface area contributed by atoms with Gasteiger partial charge in [0.25, 0.3) is 0 Å². The van der Waals surface area contributed by atoms with Crippen LogP contribution < -0.4 is 4.74 Å². The number of ether oxygens (including phenoxy) is 2. The van der Waals surface area contributed by atoms with Gasteiger partial charge in [-0.3, -0.25) is 9.69 Å². The van der Waals surface area contributed by atoms with Crippen molar-refractivity contribution in [2.24, 2.45) is 5.10 Å². The Hall–Kier alpha value is -2.70. The van der Waals surface area contributed by atoms with Crippen LogP contribution in [0.3, 0.4) is 0 Å². The first kappa shape index (κ1) is 18.7. The standard InChI is InChI=1S/C22H25N3O3/c1-27-19-8-6-17(7-9-19)22-20-5-3-2-4-18(20)16-21(26)25(23-22)11-10-24-12-14-28-15-13-24/h2-9H,10-16H2,1H3. The van der Waals surface area contributed by atoms with Crippen molar-refractivity contribution in [2.45, 2.75) is 6.42 Å². The Labute approximate surface area is 165 Å². The van der Waals surface area contributed by atoms with E-state index in [2.05, 4.69) is 4.90 Å². The molecule has 146 valence electrons. The molecule has 28 heavy (non-hydrogen) atoms. The van der Waals surface area contributed by atoms with Crippen molar-refractivity contribution < 1.29 is 14.3 Å². The molecule has 0 atom stereocenters. The topological polar surface area (TPSA) is 54.4 Å². The molecule has 0 aliphatic carbocycles. The number of fused-ring (bicyclic) bond motifs is 1. The van der Waals surface area contributed by atoms with Gasteiger partial charge in [-0.25, -0.2) is 5.01 Å². The lowest BCUT2D eigenvalue weighted by Crippen LogP contribution is -2.41. The minimum Gasteiger partial charge on any atom is -0.497 e. The number of carbonyl (C=O) groups excluding carboxylic acids is 1. The van der Waals surface area contributed by atoms with Crippen LogP contribution in [0.15, 0.2) is 53.6 Å². The second-order valence-electron chi connectivity index (χ2n) is 6.98. The van der Waals surface area contributed by atoms with E-state index in [0.29, 0.717) is 13.0 Å². The number of hydrogen-bond donors (Lipinski definition) is 0. The Morgan fingerprint density at radius 3 is 2.54 bits per heavy atom. The van der Waals surface area contributed by atoms with Gasteiger partial charge >= 0.3 is 0 Å².